The first-order chi connectivity index (χ1) is 11.4. The Morgan fingerprint density at radius 3 is 2.50 bits per heavy atom. The van der Waals surface area contributed by atoms with E-state index in [1.807, 2.05) is 13.0 Å². The minimum Gasteiger partial charge on any atom is -0.357 e. The van der Waals surface area contributed by atoms with Crippen LogP contribution in [0.25, 0.3) is 0 Å². The number of benzene rings is 1. The number of anilines is 1. The van der Waals surface area contributed by atoms with Gasteiger partial charge in [-0.15, -0.1) is 0 Å². The highest BCUT2D eigenvalue weighted by atomic mass is 79.9. The molecule has 1 aromatic heterocycles. The number of aryl methyl sites for hydroxylation is 1. The first kappa shape index (κ1) is 17.3. The Kier molecular flexibility index (Phi) is 5.17. The predicted molar refractivity (Wildman–Crippen MR) is 96.4 cm³/mol. The largest absolute Gasteiger partial charge is 0.357 e. The topological polar surface area (TPSA) is 75.2 Å². The van der Waals surface area contributed by atoms with Gasteiger partial charge in [-0.25, -0.2) is 23.1 Å². The van der Waals surface area contributed by atoms with Gasteiger partial charge in [0, 0.05) is 29.3 Å². The van der Waals surface area contributed by atoms with Crippen molar-refractivity contribution in [3.05, 3.63) is 46.3 Å². The average Bonchev–Trinajstić information content (AvgIpc) is 3.07. The zero-order chi connectivity index (χ0) is 17.2. The van der Waals surface area contributed by atoms with Gasteiger partial charge in [0.25, 0.3) is 0 Å². The molecule has 1 aliphatic heterocycles. The van der Waals surface area contributed by atoms with Crippen LogP contribution in [-0.2, 0) is 16.6 Å². The number of nitrogens with zero attached hydrogens (tertiary/aromatic N) is 3. The molecule has 0 atom stereocenters. The molecule has 1 fully saturated rings. The van der Waals surface area contributed by atoms with E-state index in [9.17, 15) is 8.42 Å². The maximum absolute atomic E-state index is 12.4. The lowest BCUT2D eigenvalue weighted by atomic mass is 10.4. The molecule has 6 nitrogen and oxygen atoms in total. The summed E-state index contributed by atoms with van der Waals surface area (Å²) in [4.78, 5) is 11.3. The Morgan fingerprint density at radius 1 is 1.17 bits per heavy atom. The summed E-state index contributed by atoms with van der Waals surface area (Å²) in [5, 5.41) is 0. The second-order valence-corrected chi connectivity index (χ2v) is 8.44. The summed E-state index contributed by atoms with van der Waals surface area (Å²) < 4.78 is 28.1. The van der Waals surface area contributed by atoms with E-state index < -0.39 is 10.0 Å². The van der Waals surface area contributed by atoms with Crippen molar-refractivity contribution < 1.29 is 8.42 Å². The van der Waals surface area contributed by atoms with Gasteiger partial charge in [0.15, 0.2) is 0 Å². The van der Waals surface area contributed by atoms with Crippen LogP contribution < -0.4 is 9.62 Å². The zero-order valence-electron chi connectivity index (χ0n) is 13.4. The van der Waals surface area contributed by atoms with Gasteiger partial charge in [0.1, 0.15) is 11.6 Å². The van der Waals surface area contributed by atoms with E-state index in [1.54, 1.807) is 24.3 Å². The minimum atomic E-state index is -3.58. The molecular weight excluding hydrogens is 392 g/mol. The number of hydrogen-bond donors (Lipinski definition) is 1. The molecule has 1 aromatic carbocycles. The molecule has 0 unspecified atom stereocenters. The second-order valence-electron chi connectivity index (χ2n) is 5.76. The Balaban J connectivity index is 1.75. The first-order valence-corrected chi connectivity index (χ1v) is 10.1. The number of hydrogen-bond acceptors (Lipinski definition) is 5. The predicted octanol–water partition coefficient (Wildman–Crippen LogP) is 2.63. The summed E-state index contributed by atoms with van der Waals surface area (Å²) in [5.41, 5.74) is 0.838. The summed E-state index contributed by atoms with van der Waals surface area (Å²) in [6, 6.07) is 8.45. The monoisotopic (exact) mass is 410 g/mol. The summed E-state index contributed by atoms with van der Waals surface area (Å²) in [7, 11) is -3.58. The molecule has 0 radical (unpaired) electrons. The van der Waals surface area contributed by atoms with E-state index in [-0.39, 0.29) is 11.4 Å². The molecule has 2 heterocycles. The zero-order valence-corrected chi connectivity index (χ0v) is 15.8. The van der Waals surface area contributed by atoms with E-state index in [0.717, 1.165) is 41.9 Å². The van der Waals surface area contributed by atoms with Crippen LogP contribution in [0.3, 0.4) is 0 Å². The van der Waals surface area contributed by atoms with Crippen LogP contribution in [0.1, 0.15) is 24.4 Å². The van der Waals surface area contributed by atoms with Gasteiger partial charge in [-0.05, 0) is 44.0 Å². The van der Waals surface area contributed by atoms with Crippen LogP contribution in [0.15, 0.2) is 39.7 Å². The van der Waals surface area contributed by atoms with Crippen LogP contribution in [0, 0.1) is 6.92 Å². The Labute approximate surface area is 150 Å². The molecule has 2 aromatic rings. The molecule has 8 heteroatoms. The van der Waals surface area contributed by atoms with Crippen LogP contribution in [0.4, 0.5) is 5.82 Å². The Bertz CT molecular complexity index is 818. The van der Waals surface area contributed by atoms with E-state index >= 15 is 0 Å². The molecule has 1 N–H and O–H groups in total. The first-order valence-electron chi connectivity index (χ1n) is 7.79. The molecule has 1 saturated heterocycles. The molecule has 1 aliphatic rings. The second kappa shape index (κ2) is 7.16. The lowest BCUT2D eigenvalue weighted by Gasteiger charge is -2.17. The third-order valence-electron chi connectivity index (χ3n) is 3.86. The number of sulfonamides is 1. The standard InChI is InChI=1S/C16H19BrN4O2S/c1-12-10-16(21-8-2-3-9-21)20-15(19-12)11-18-24(22,23)14-6-4-13(17)5-7-14/h4-7,10,18H,2-3,8-9,11H2,1H3. The van der Waals surface area contributed by atoms with Gasteiger partial charge >= 0.3 is 0 Å². The van der Waals surface area contributed by atoms with Crippen molar-refractivity contribution in [1.29, 1.82) is 0 Å². The van der Waals surface area contributed by atoms with Crippen molar-refractivity contribution in [2.75, 3.05) is 18.0 Å². The number of aromatic nitrogens is 2. The van der Waals surface area contributed by atoms with Crippen molar-refractivity contribution in [1.82, 2.24) is 14.7 Å². The van der Waals surface area contributed by atoms with E-state index in [0.29, 0.717) is 5.82 Å². The highest BCUT2D eigenvalue weighted by Gasteiger charge is 2.17. The lowest BCUT2D eigenvalue weighted by Crippen LogP contribution is -2.26. The highest BCUT2D eigenvalue weighted by molar-refractivity contribution is 9.10. The smallest absolute Gasteiger partial charge is 0.240 e. The van der Waals surface area contributed by atoms with Crippen molar-refractivity contribution in [3.63, 3.8) is 0 Å². The van der Waals surface area contributed by atoms with Crippen LogP contribution >= 0.6 is 15.9 Å². The molecule has 3 rings (SSSR count). The van der Waals surface area contributed by atoms with Gasteiger partial charge in [-0.3, -0.25) is 0 Å². The maximum atomic E-state index is 12.4. The van der Waals surface area contributed by atoms with E-state index in [4.69, 9.17) is 0 Å². The van der Waals surface area contributed by atoms with Crippen molar-refractivity contribution in [2.45, 2.75) is 31.2 Å². The number of nitrogens with one attached hydrogen (secondary N) is 1. The van der Waals surface area contributed by atoms with Gasteiger partial charge in [0.05, 0.1) is 11.4 Å². The van der Waals surface area contributed by atoms with Crippen LogP contribution in [0.2, 0.25) is 0 Å². The normalized spacial score (nSPS) is 15.0. The van der Waals surface area contributed by atoms with Gasteiger partial charge in [0.2, 0.25) is 10.0 Å². The van der Waals surface area contributed by atoms with Gasteiger partial charge < -0.3 is 4.90 Å². The fourth-order valence-electron chi connectivity index (χ4n) is 2.66. The molecular formula is C16H19BrN4O2S. The van der Waals surface area contributed by atoms with Gasteiger partial charge in [-0.1, -0.05) is 15.9 Å². The van der Waals surface area contributed by atoms with Crippen molar-refractivity contribution in [3.8, 4) is 0 Å². The number of halogens is 1. The quantitative estimate of drug-likeness (QED) is 0.819. The Morgan fingerprint density at radius 2 is 1.83 bits per heavy atom. The molecule has 0 aliphatic carbocycles. The van der Waals surface area contributed by atoms with Crippen LogP contribution in [0.5, 0.6) is 0 Å². The minimum absolute atomic E-state index is 0.0704. The lowest BCUT2D eigenvalue weighted by molar-refractivity contribution is 0.579. The molecule has 0 amide bonds. The number of rotatable bonds is 5. The molecule has 24 heavy (non-hydrogen) atoms. The third-order valence-corrected chi connectivity index (χ3v) is 5.81. The Hall–Kier alpha value is -1.51. The molecule has 0 saturated carbocycles. The fraction of sp³-hybridized carbons (Fsp3) is 0.375. The summed E-state index contributed by atoms with van der Waals surface area (Å²) in [6.45, 7) is 3.94. The fourth-order valence-corrected chi connectivity index (χ4v) is 3.90. The van der Waals surface area contributed by atoms with Gasteiger partial charge in [-0.2, -0.15) is 0 Å². The van der Waals surface area contributed by atoms with E-state index in [1.165, 1.54) is 0 Å². The highest BCUT2D eigenvalue weighted by Crippen LogP contribution is 2.19. The summed E-state index contributed by atoms with van der Waals surface area (Å²) in [6.07, 6.45) is 2.32. The summed E-state index contributed by atoms with van der Waals surface area (Å²) in [5.74, 6) is 1.36. The molecule has 0 bridgehead atoms. The average molecular weight is 411 g/mol. The SMILES string of the molecule is Cc1cc(N2CCCC2)nc(CNS(=O)(=O)c2ccc(Br)cc2)n1. The molecule has 0 spiro atoms. The van der Waals surface area contributed by atoms with Crippen molar-refractivity contribution in [2.24, 2.45) is 0 Å². The third kappa shape index (κ3) is 4.12. The molecule has 128 valence electrons. The van der Waals surface area contributed by atoms with E-state index in [2.05, 4.69) is 35.5 Å². The maximum Gasteiger partial charge on any atom is 0.240 e. The van der Waals surface area contributed by atoms with Crippen LogP contribution in [-0.4, -0.2) is 31.5 Å². The van der Waals surface area contributed by atoms with Crippen molar-refractivity contribution >= 4 is 31.8 Å². The summed E-state index contributed by atoms with van der Waals surface area (Å²) >= 11 is 3.30.